The van der Waals surface area contributed by atoms with E-state index in [0.717, 1.165) is 27.6 Å². The minimum atomic E-state index is -2.87. The Morgan fingerprint density at radius 3 is 2.44 bits per heavy atom. The number of anilines is 1. The Kier molecular flexibility index (Phi) is 6.65. The van der Waals surface area contributed by atoms with Gasteiger partial charge in [-0.25, -0.2) is 23.1 Å². The van der Waals surface area contributed by atoms with Gasteiger partial charge in [0.25, 0.3) is 6.43 Å². The number of nitrogens with zero attached hydrogens (tertiary/aromatic N) is 2. The summed E-state index contributed by atoms with van der Waals surface area (Å²) in [6.07, 6.45) is -2.87. The maximum Gasteiger partial charge on any atom is 0.266 e. The highest BCUT2D eigenvalue weighted by atomic mass is 32.2. The fourth-order valence-corrected chi connectivity index (χ4v) is 4.41. The lowest BCUT2D eigenvalue weighted by Gasteiger charge is -2.19. The van der Waals surface area contributed by atoms with Crippen LogP contribution < -0.4 is 5.32 Å². The van der Waals surface area contributed by atoms with Crippen LogP contribution >= 0.6 is 11.8 Å². The maximum atomic E-state index is 14.6. The molecular weight excluding hydrogens is 431 g/mol. The fraction of sp³-hybridized carbons (Fsp3) is 0.200. The molecular formula is C25H22F3N3S. The normalized spacial score (nSPS) is 12.3. The van der Waals surface area contributed by atoms with Gasteiger partial charge in [0.05, 0.1) is 17.1 Å². The van der Waals surface area contributed by atoms with E-state index in [4.69, 9.17) is 0 Å². The molecule has 1 aromatic heterocycles. The van der Waals surface area contributed by atoms with Crippen LogP contribution in [0.4, 0.5) is 19.0 Å². The standard InChI is InChI=1S/C25H22F3N3S/c1-15(19-9-6-10-20(23(19)26)24(27)28)29-25-21-13-18(11-12-22(21)30-16(2)31-25)32-14-17-7-4-3-5-8-17/h3-13,15,24H,14H2,1-2H3,(H,29,30,31)/t15-/m1/s1. The number of halogens is 3. The van der Waals surface area contributed by atoms with Gasteiger partial charge in [0.2, 0.25) is 0 Å². The van der Waals surface area contributed by atoms with E-state index >= 15 is 0 Å². The number of thioether (sulfide) groups is 1. The molecule has 0 aliphatic rings. The van der Waals surface area contributed by atoms with Crippen molar-refractivity contribution in [2.45, 2.75) is 37.0 Å². The van der Waals surface area contributed by atoms with Crippen LogP contribution in [0.2, 0.25) is 0 Å². The quantitative estimate of drug-likeness (QED) is 0.294. The minimum Gasteiger partial charge on any atom is -0.363 e. The lowest BCUT2D eigenvalue weighted by atomic mass is 10.0. The van der Waals surface area contributed by atoms with Crippen LogP contribution in [0.15, 0.2) is 71.6 Å². The molecule has 7 heteroatoms. The number of fused-ring (bicyclic) bond motifs is 1. The van der Waals surface area contributed by atoms with E-state index in [2.05, 4.69) is 27.4 Å². The van der Waals surface area contributed by atoms with E-state index in [9.17, 15) is 13.2 Å². The maximum absolute atomic E-state index is 14.6. The van der Waals surface area contributed by atoms with Gasteiger partial charge in [-0.1, -0.05) is 48.5 Å². The van der Waals surface area contributed by atoms with Crippen LogP contribution in [0.25, 0.3) is 10.9 Å². The Bertz CT molecular complexity index is 1230. The summed E-state index contributed by atoms with van der Waals surface area (Å²) in [5.74, 6) is 1.04. The van der Waals surface area contributed by atoms with Crippen molar-refractivity contribution < 1.29 is 13.2 Å². The number of benzene rings is 3. The molecule has 1 heterocycles. The first-order valence-corrected chi connectivity index (χ1v) is 11.2. The highest BCUT2D eigenvalue weighted by Gasteiger charge is 2.20. The van der Waals surface area contributed by atoms with Crippen molar-refractivity contribution in [3.05, 3.63) is 95.1 Å². The highest BCUT2D eigenvalue weighted by molar-refractivity contribution is 7.98. The SMILES string of the molecule is Cc1nc(N[C@H](C)c2cccc(C(F)F)c2F)c2cc(SCc3ccccc3)ccc2n1. The number of alkyl halides is 2. The van der Waals surface area contributed by atoms with Gasteiger partial charge in [-0.2, -0.15) is 0 Å². The van der Waals surface area contributed by atoms with Gasteiger partial charge in [0.15, 0.2) is 0 Å². The molecule has 0 bridgehead atoms. The molecule has 164 valence electrons. The number of nitrogens with one attached hydrogen (secondary N) is 1. The summed E-state index contributed by atoms with van der Waals surface area (Å²) in [6, 6.07) is 19.6. The zero-order chi connectivity index (χ0) is 22.7. The highest BCUT2D eigenvalue weighted by Crippen LogP contribution is 2.32. The van der Waals surface area contributed by atoms with Crippen molar-refractivity contribution in [3.8, 4) is 0 Å². The van der Waals surface area contributed by atoms with Crippen LogP contribution in [-0.4, -0.2) is 9.97 Å². The summed E-state index contributed by atoms with van der Waals surface area (Å²) in [5.41, 5.74) is 1.55. The number of rotatable bonds is 7. The summed E-state index contributed by atoms with van der Waals surface area (Å²) >= 11 is 1.70. The molecule has 0 saturated heterocycles. The minimum absolute atomic E-state index is 0.168. The van der Waals surface area contributed by atoms with Crippen molar-refractivity contribution in [1.82, 2.24) is 9.97 Å². The molecule has 0 fully saturated rings. The lowest BCUT2D eigenvalue weighted by Crippen LogP contribution is -2.12. The third kappa shape index (κ3) is 4.88. The molecule has 0 unspecified atom stereocenters. The number of hydrogen-bond acceptors (Lipinski definition) is 4. The molecule has 0 aliphatic carbocycles. The molecule has 1 atom stereocenters. The first kappa shape index (κ1) is 22.1. The largest absolute Gasteiger partial charge is 0.363 e. The molecule has 0 saturated carbocycles. The Morgan fingerprint density at radius 1 is 0.938 bits per heavy atom. The van der Waals surface area contributed by atoms with Crippen LogP contribution in [0.1, 0.15) is 41.9 Å². The average Bonchev–Trinajstić information content (AvgIpc) is 2.78. The van der Waals surface area contributed by atoms with E-state index in [1.807, 2.05) is 36.4 Å². The van der Waals surface area contributed by atoms with Crippen molar-refractivity contribution in [2.75, 3.05) is 5.32 Å². The molecule has 4 rings (SSSR count). The Labute approximate surface area is 189 Å². The van der Waals surface area contributed by atoms with Gasteiger partial charge in [0, 0.05) is 21.6 Å². The van der Waals surface area contributed by atoms with Gasteiger partial charge in [-0.15, -0.1) is 11.8 Å². The third-order valence-electron chi connectivity index (χ3n) is 5.14. The van der Waals surface area contributed by atoms with E-state index < -0.39 is 23.8 Å². The van der Waals surface area contributed by atoms with Crippen LogP contribution in [0.5, 0.6) is 0 Å². The zero-order valence-corrected chi connectivity index (χ0v) is 18.5. The number of aromatic nitrogens is 2. The van der Waals surface area contributed by atoms with Crippen molar-refractivity contribution in [3.63, 3.8) is 0 Å². The summed E-state index contributed by atoms with van der Waals surface area (Å²) in [4.78, 5) is 10.1. The van der Waals surface area contributed by atoms with E-state index in [0.29, 0.717) is 11.6 Å². The zero-order valence-electron chi connectivity index (χ0n) is 17.6. The van der Waals surface area contributed by atoms with E-state index in [1.54, 1.807) is 25.6 Å². The topological polar surface area (TPSA) is 37.8 Å². The summed E-state index contributed by atoms with van der Waals surface area (Å²) in [7, 11) is 0. The molecule has 1 N–H and O–H groups in total. The summed E-state index contributed by atoms with van der Waals surface area (Å²) in [6.45, 7) is 3.51. The van der Waals surface area contributed by atoms with Gasteiger partial charge in [0.1, 0.15) is 17.5 Å². The molecule has 3 aromatic carbocycles. The Hall–Kier alpha value is -3.06. The van der Waals surface area contributed by atoms with Crippen LogP contribution in [0.3, 0.4) is 0 Å². The van der Waals surface area contributed by atoms with E-state index in [1.165, 1.54) is 17.7 Å². The van der Waals surface area contributed by atoms with E-state index in [-0.39, 0.29) is 5.56 Å². The monoisotopic (exact) mass is 453 g/mol. The molecule has 4 aromatic rings. The second-order valence-corrected chi connectivity index (χ2v) is 8.54. The molecule has 3 nitrogen and oxygen atoms in total. The van der Waals surface area contributed by atoms with Crippen molar-refractivity contribution in [1.29, 1.82) is 0 Å². The first-order chi connectivity index (χ1) is 15.4. The Balaban J connectivity index is 1.63. The second kappa shape index (κ2) is 9.61. The molecule has 32 heavy (non-hydrogen) atoms. The predicted octanol–water partition coefficient (Wildman–Crippen LogP) is 7.48. The van der Waals surface area contributed by atoms with Gasteiger partial charge in [-0.3, -0.25) is 0 Å². The lowest BCUT2D eigenvalue weighted by molar-refractivity contribution is 0.146. The third-order valence-corrected chi connectivity index (χ3v) is 6.21. The first-order valence-electron chi connectivity index (χ1n) is 10.2. The molecule has 0 radical (unpaired) electrons. The Morgan fingerprint density at radius 2 is 1.69 bits per heavy atom. The van der Waals surface area contributed by atoms with Crippen molar-refractivity contribution >= 4 is 28.5 Å². The van der Waals surface area contributed by atoms with Crippen molar-refractivity contribution in [2.24, 2.45) is 0 Å². The smallest absolute Gasteiger partial charge is 0.266 e. The molecule has 0 aliphatic heterocycles. The van der Waals surface area contributed by atoms with Crippen LogP contribution in [0, 0.1) is 12.7 Å². The van der Waals surface area contributed by atoms with Gasteiger partial charge in [-0.05, 0) is 37.6 Å². The number of hydrogen-bond donors (Lipinski definition) is 1. The number of aryl methyl sites for hydroxylation is 1. The second-order valence-electron chi connectivity index (χ2n) is 7.49. The summed E-state index contributed by atoms with van der Waals surface area (Å²) in [5, 5.41) is 4.00. The molecule has 0 amide bonds. The van der Waals surface area contributed by atoms with Gasteiger partial charge < -0.3 is 5.32 Å². The molecule has 0 spiro atoms. The van der Waals surface area contributed by atoms with Crippen LogP contribution in [-0.2, 0) is 5.75 Å². The average molecular weight is 454 g/mol. The van der Waals surface area contributed by atoms with Gasteiger partial charge >= 0.3 is 0 Å². The summed E-state index contributed by atoms with van der Waals surface area (Å²) < 4.78 is 40.9. The predicted molar refractivity (Wildman–Crippen MR) is 124 cm³/mol. The fourth-order valence-electron chi connectivity index (χ4n) is 3.52.